The monoisotopic (exact) mass is 661 g/mol. The molecule has 2 aromatic carbocycles. The van der Waals surface area contributed by atoms with Crippen LogP contribution >= 0.6 is 0 Å². The molecule has 2 aliphatic heterocycles. The van der Waals surface area contributed by atoms with Crippen molar-refractivity contribution in [1.29, 1.82) is 0 Å². The minimum Gasteiger partial charge on any atom is -0.369 e. The first-order valence-electron chi connectivity index (χ1n) is 17.9. The van der Waals surface area contributed by atoms with Crippen molar-refractivity contribution in [3.63, 3.8) is 0 Å². The highest BCUT2D eigenvalue weighted by molar-refractivity contribution is 6.01. The fourth-order valence-corrected chi connectivity index (χ4v) is 7.66. The molecule has 2 aromatic heterocycles. The molecular formula is C39H47N7O3. The van der Waals surface area contributed by atoms with Crippen molar-refractivity contribution in [2.45, 2.75) is 69.7 Å². The number of piperidine rings is 1. The van der Waals surface area contributed by atoms with Gasteiger partial charge in [-0.25, -0.2) is 9.97 Å². The van der Waals surface area contributed by atoms with Gasteiger partial charge in [0.2, 0.25) is 11.8 Å². The van der Waals surface area contributed by atoms with E-state index in [-0.39, 0.29) is 23.6 Å². The number of carbonyl (C=O) groups excluding carboxylic acids is 3. The molecule has 49 heavy (non-hydrogen) atoms. The Morgan fingerprint density at radius 3 is 2.27 bits per heavy atom. The summed E-state index contributed by atoms with van der Waals surface area (Å²) in [5.74, 6) is 0.252. The maximum Gasteiger partial charge on any atom is 0.270 e. The average Bonchev–Trinajstić information content (AvgIpc) is 3.78. The number of carbonyl (C=O) groups is 3. The van der Waals surface area contributed by atoms with Crippen LogP contribution in [0.25, 0.3) is 11.0 Å². The standard InChI is InChI=1S/C39H47N7O3/c1-43(2)39(49)34-25-30-26-40-35(41-37(30)46(34)32-5-3-4-6-32)17-11-27-9-14-31(15-10-27)45-23-21-44(22-24-45)20-19-28-7-12-29(13-8-28)33-16-18-36(47)42-38(33)48/h7-10,12-15,25-26,32-33H,3-6,11,16-24H2,1-2H3,(H,42,47,48). The third-order valence-corrected chi connectivity index (χ3v) is 10.6. The van der Waals surface area contributed by atoms with Crippen LogP contribution in [-0.2, 0) is 28.9 Å². The quantitative estimate of drug-likeness (QED) is 0.241. The van der Waals surface area contributed by atoms with E-state index in [9.17, 15) is 14.4 Å². The van der Waals surface area contributed by atoms with Crippen molar-refractivity contribution in [3.05, 3.63) is 89.0 Å². The van der Waals surface area contributed by atoms with Gasteiger partial charge in [-0.3, -0.25) is 24.6 Å². The van der Waals surface area contributed by atoms with Crippen LogP contribution in [0.5, 0.6) is 0 Å². The third kappa shape index (κ3) is 7.39. The second-order valence-corrected chi connectivity index (χ2v) is 14.1. The number of amides is 3. The van der Waals surface area contributed by atoms with E-state index in [0.717, 1.165) is 87.2 Å². The number of hydrogen-bond donors (Lipinski definition) is 1. The number of piperazine rings is 1. The largest absolute Gasteiger partial charge is 0.369 e. The highest BCUT2D eigenvalue weighted by Gasteiger charge is 2.28. The van der Waals surface area contributed by atoms with Crippen LogP contribution in [0.3, 0.4) is 0 Å². The second-order valence-electron chi connectivity index (χ2n) is 14.1. The second kappa shape index (κ2) is 14.5. The fraction of sp³-hybridized carbons (Fsp3) is 0.462. The van der Waals surface area contributed by atoms with E-state index in [0.29, 0.717) is 24.6 Å². The summed E-state index contributed by atoms with van der Waals surface area (Å²) in [4.78, 5) is 53.0. The molecule has 10 heteroatoms. The molecule has 4 aromatic rings. The van der Waals surface area contributed by atoms with Crippen LogP contribution in [0.1, 0.15) is 83.5 Å². The van der Waals surface area contributed by atoms with Crippen molar-refractivity contribution < 1.29 is 14.4 Å². The first kappa shape index (κ1) is 33.0. The van der Waals surface area contributed by atoms with Crippen LogP contribution in [0.2, 0.25) is 0 Å². The summed E-state index contributed by atoms with van der Waals surface area (Å²) in [6, 6.07) is 19.6. The Bertz CT molecular complexity index is 1800. The lowest BCUT2D eigenvalue weighted by Gasteiger charge is -2.36. The van der Waals surface area contributed by atoms with Crippen LogP contribution in [0.15, 0.2) is 60.8 Å². The van der Waals surface area contributed by atoms with Gasteiger partial charge in [0.25, 0.3) is 5.91 Å². The van der Waals surface area contributed by atoms with E-state index in [2.05, 4.69) is 61.1 Å². The number of fused-ring (bicyclic) bond motifs is 1. The fourth-order valence-electron chi connectivity index (χ4n) is 7.66. The molecule has 1 N–H and O–H groups in total. The Labute approximate surface area is 288 Å². The molecule has 0 radical (unpaired) electrons. The van der Waals surface area contributed by atoms with Crippen molar-refractivity contribution in [3.8, 4) is 0 Å². The molecule has 1 aliphatic carbocycles. The Balaban J connectivity index is 0.900. The Morgan fingerprint density at radius 1 is 0.878 bits per heavy atom. The summed E-state index contributed by atoms with van der Waals surface area (Å²) < 4.78 is 2.19. The van der Waals surface area contributed by atoms with E-state index in [1.54, 1.807) is 19.0 Å². The number of aromatic nitrogens is 3. The van der Waals surface area contributed by atoms with Crippen LogP contribution in [0.4, 0.5) is 5.69 Å². The number of rotatable bonds is 10. The van der Waals surface area contributed by atoms with Gasteiger partial charge in [0.15, 0.2) is 0 Å². The number of imide groups is 1. The lowest BCUT2D eigenvalue weighted by molar-refractivity contribution is -0.134. The Morgan fingerprint density at radius 2 is 1.57 bits per heavy atom. The highest BCUT2D eigenvalue weighted by atomic mass is 16.2. The van der Waals surface area contributed by atoms with Crippen LogP contribution in [0, 0.1) is 0 Å². The predicted molar refractivity (Wildman–Crippen MR) is 191 cm³/mol. The summed E-state index contributed by atoms with van der Waals surface area (Å²) in [7, 11) is 3.61. The van der Waals surface area contributed by atoms with Gasteiger partial charge in [-0.05, 0) is 67.0 Å². The first-order chi connectivity index (χ1) is 23.8. The molecule has 4 heterocycles. The molecule has 0 spiro atoms. The maximum absolute atomic E-state index is 13.0. The lowest BCUT2D eigenvalue weighted by Crippen LogP contribution is -2.47. The van der Waals surface area contributed by atoms with Gasteiger partial charge in [0.05, 0.1) is 5.92 Å². The number of aryl methyl sites for hydroxylation is 2. The predicted octanol–water partition coefficient (Wildman–Crippen LogP) is 4.92. The summed E-state index contributed by atoms with van der Waals surface area (Å²) in [6.07, 6.45) is 10.0. The summed E-state index contributed by atoms with van der Waals surface area (Å²) in [5, 5.41) is 3.39. The van der Waals surface area contributed by atoms with Gasteiger partial charge >= 0.3 is 0 Å². The SMILES string of the molecule is CN(C)C(=O)c1cc2cnc(CCc3ccc(N4CCN(CCc5ccc(C6CCC(=O)NC6=O)cc5)CC4)cc3)nc2n1C1CCCC1. The molecule has 1 saturated carbocycles. The van der Waals surface area contributed by atoms with Crippen molar-refractivity contribution >= 4 is 34.4 Å². The van der Waals surface area contributed by atoms with E-state index < -0.39 is 0 Å². The van der Waals surface area contributed by atoms with Gasteiger partial charge < -0.3 is 14.4 Å². The minimum atomic E-state index is -0.228. The number of nitrogens with zero attached hydrogens (tertiary/aromatic N) is 6. The third-order valence-electron chi connectivity index (χ3n) is 10.6. The number of anilines is 1. The van der Waals surface area contributed by atoms with E-state index in [4.69, 9.17) is 4.98 Å². The van der Waals surface area contributed by atoms with E-state index >= 15 is 0 Å². The average molecular weight is 662 g/mol. The molecule has 256 valence electrons. The molecule has 3 fully saturated rings. The van der Waals surface area contributed by atoms with E-state index in [1.807, 2.05) is 24.4 Å². The Kier molecular flexibility index (Phi) is 9.75. The Hall–Kier alpha value is -4.57. The summed E-state index contributed by atoms with van der Waals surface area (Å²) >= 11 is 0. The van der Waals surface area contributed by atoms with E-state index in [1.165, 1.54) is 29.7 Å². The molecule has 0 bridgehead atoms. The molecule has 10 nitrogen and oxygen atoms in total. The zero-order chi connectivity index (χ0) is 33.9. The summed E-state index contributed by atoms with van der Waals surface area (Å²) in [6.45, 7) is 5.07. The minimum absolute atomic E-state index is 0.0172. The van der Waals surface area contributed by atoms with Crippen LogP contribution in [-0.4, -0.2) is 88.9 Å². The van der Waals surface area contributed by atoms with Gasteiger partial charge in [-0.1, -0.05) is 49.2 Å². The smallest absolute Gasteiger partial charge is 0.270 e. The zero-order valence-corrected chi connectivity index (χ0v) is 28.7. The van der Waals surface area contributed by atoms with Gasteiger partial charge in [0, 0.05) is 83.0 Å². The van der Waals surface area contributed by atoms with Gasteiger partial charge in [0.1, 0.15) is 17.2 Å². The topological polar surface area (TPSA) is 104 Å². The first-order valence-corrected chi connectivity index (χ1v) is 17.9. The lowest BCUT2D eigenvalue weighted by atomic mass is 9.90. The van der Waals surface area contributed by atoms with Crippen molar-refractivity contribution in [2.75, 3.05) is 51.7 Å². The molecular weight excluding hydrogens is 614 g/mol. The van der Waals surface area contributed by atoms with Crippen LogP contribution < -0.4 is 10.2 Å². The molecule has 1 unspecified atom stereocenters. The highest BCUT2D eigenvalue weighted by Crippen LogP contribution is 2.34. The van der Waals surface area contributed by atoms with Gasteiger partial charge in [-0.2, -0.15) is 0 Å². The molecule has 2 saturated heterocycles. The van der Waals surface area contributed by atoms with Crippen molar-refractivity contribution in [2.24, 2.45) is 0 Å². The molecule has 1 atom stereocenters. The number of benzene rings is 2. The zero-order valence-electron chi connectivity index (χ0n) is 28.7. The maximum atomic E-state index is 13.0. The van der Waals surface area contributed by atoms with Crippen molar-refractivity contribution in [1.82, 2.24) is 29.7 Å². The summed E-state index contributed by atoms with van der Waals surface area (Å²) in [5.41, 5.74) is 6.39. The molecule has 7 rings (SSSR count). The number of hydrogen-bond acceptors (Lipinski definition) is 7. The normalized spacial score (nSPS) is 19.1. The number of nitrogens with one attached hydrogen (secondary N) is 1. The molecule has 3 aliphatic rings. The van der Waals surface area contributed by atoms with Gasteiger partial charge in [-0.15, -0.1) is 0 Å². The molecule has 3 amide bonds.